The van der Waals surface area contributed by atoms with Gasteiger partial charge in [-0.15, -0.1) is 0 Å². The summed E-state index contributed by atoms with van der Waals surface area (Å²) in [6.07, 6.45) is 5.70. The molecule has 1 spiro atoms. The van der Waals surface area contributed by atoms with Gasteiger partial charge in [-0.05, 0) is 32.3 Å². The third kappa shape index (κ3) is 4.20. The van der Waals surface area contributed by atoms with Crippen molar-refractivity contribution in [1.29, 1.82) is 0 Å². The number of piperazine rings is 1. The highest BCUT2D eigenvalue weighted by Crippen LogP contribution is 2.33. The average molecular weight is 427 g/mol. The number of urea groups is 1. The predicted octanol–water partition coefficient (Wildman–Crippen LogP) is 2.71. The molecule has 0 radical (unpaired) electrons. The number of amides is 4. The van der Waals surface area contributed by atoms with Gasteiger partial charge in [0.2, 0.25) is 5.91 Å². The Morgan fingerprint density at radius 2 is 1.58 bits per heavy atom. The van der Waals surface area contributed by atoms with Crippen LogP contribution in [0.25, 0.3) is 0 Å². The summed E-state index contributed by atoms with van der Waals surface area (Å²) in [7, 11) is 0. The molecule has 1 aromatic carbocycles. The number of hydrogen-bond donors (Lipinski definition) is 1. The molecule has 0 aromatic heterocycles. The third-order valence-corrected chi connectivity index (χ3v) is 7.23. The van der Waals surface area contributed by atoms with Gasteiger partial charge in [0, 0.05) is 26.2 Å². The Labute approximate surface area is 184 Å². The van der Waals surface area contributed by atoms with Crippen LogP contribution in [0.15, 0.2) is 30.3 Å². The van der Waals surface area contributed by atoms with Gasteiger partial charge in [0.25, 0.3) is 5.91 Å². The molecule has 1 aliphatic carbocycles. The van der Waals surface area contributed by atoms with Crippen LogP contribution >= 0.6 is 0 Å². The van der Waals surface area contributed by atoms with E-state index >= 15 is 0 Å². The monoisotopic (exact) mass is 426 g/mol. The van der Waals surface area contributed by atoms with Gasteiger partial charge in [-0.25, -0.2) is 9.69 Å². The van der Waals surface area contributed by atoms with E-state index in [-0.39, 0.29) is 17.8 Å². The van der Waals surface area contributed by atoms with Gasteiger partial charge < -0.3 is 10.2 Å². The summed E-state index contributed by atoms with van der Waals surface area (Å²) in [4.78, 5) is 44.3. The first-order chi connectivity index (χ1) is 14.8. The van der Waals surface area contributed by atoms with Crippen LogP contribution in [0.1, 0.15) is 57.9 Å². The first-order valence-electron chi connectivity index (χ1n) is 11.5. The van der Waals surface area contributed by atoms with Crippen LogP contribution in [0, 0.1) is 0 Å². The Morgan fingerprint density at radius 1 is 0.968 bits per heavy atom. The molecular formula is C24H34N4O3. The number of rotatable bonds is 4. The molecule has 1 N–H and O–H groups in total. The van der Waals surface area contributed by atoms with Crippen LogP contribution in [0.3, 0.4) is 0 Å². The zero-order chi connectivity index (χ0) is 22.1. The van der Waals surface area contributed by atoms with Gasteiger partial charge in [-0.2, -0.15) is 0 Å². The van der Waals surface area contributed by atoms with Gasteiger partial charge >= 0.3 is 6.03 Å². The summed E-state index contributed by atoms with van der Waals surface area (Å²) in [6, 6.07) is 9.60. The lowest BCUT2D eigenvalue weighted by atomic mass is 9.83. The lowest BCUT2D eigenvalue weighted by Crippen LogP contribution is -2.55. The molecule has 31 heavy (non-hydrogen) atoms. The van der Waals surface area contributed by atoms with Crippen molar-refractivity contribution in [3.05, 3.63) is 35.9 Å². The molecule has 2 aliphatic heterocycles. The van der Waals surface area contributed by atoms with Crippen molar-refractivity contribution in [3.63, 3.8) is 0 Å². The molecule has 0 unspecified atom stereocenters. The Balaban J connectivity index is 1.35. The number of carbonyl (C=O) groups excluding carboxylic acids is 3. The van der Waals surface area contributed by atoms with E-state index in [4.69, 9.17) is 0 Å². The van der Waals surface area contributed by atoms with Crippen LogP contribution in [-0.2, 0) is 15.0 Å². The van der Waals surface area contributed by atoms with Gasteiger partial charge in [0.05, 0.1) is 12.1 Å². The lowest BCUT2D eigenvalue weighted by Gasteiger charge is -2.39. The van der Waals surface area contributed by atoms with E-state index in [2.05, 4.69) is 10.2 Å². The predicted molar refractivity (Wildman–Crippen MR) is 118 cm³/mol. The molecule has 3 fully saturated rings. The average Bonchev–Trinajstić information content (AvgIpc) is 2.94. The van der Waals surface area contributed by atoms with Gasteiger partial charge in [0.15, 0.2) is 0 Å². The first kappa shape index (κ1) is 21.8. The molecule has 2 saturated heterocycles. The number of hydrogen-bond acceptors (Lipinski definition) is 4. The minimum absolute atomic E-state index is 0.0666. The second-order valence-electron chi connectivity index (χ2n) is 9.70. The van der Waals surface area contributed by atoms with Gasteiger partial charge in [0.1, 0.15) is 5.54 Å². The molecule has 7 heteroatoms. The van der Waals surface area contributed by atoms with Crippen molar-refractivity contribution in [2.24, 2.45) is 0 Å². The highest BCUT2D eigenvalue weighted by molar-refractivity contribution is 6.07. The summed E-state index contributed by atoms with van der Waals surface area (Å²) in [5, 5.41) is 3.01. The lowest BCUT2D eigenvalue weighted by molar-refractivity contribution is -0.139. The molecular weight excluding hydrogens is 392 g/mol. The quantitative estimate of drug-likeness (QED) is 0.752. The Hall–Kier alpha value is -2.41. The maximum atomic E-state index is 13.2. The molecule has 1 aromatic rings. The van der Waals surface area contributed by atoms with Gasteiger partial charge in [-0.1, -0.05) is 56.0 Å². The molecule has 4 amide bonds. The summed E-state index contributed by atoms with van der Waals surface area (Å²) >= 11 is 0. The molecule has 7 nitrogen and oxygen atoms in total. The van der Waals surface area contributed by atoms with E-state index in [0.29, 0.717) is 32.8 Å². The number of nitrogens with one attached hydrogen (secondary N) is 1. The van der Waals surface area contributed by atoms with Crippen molar-refractivity contribution in [2.75, 3.05) is 32.8 Å². The fraction of sp³-hybridized carbons (Fsp3) is 0.625. The SMILES string of the molecule is CC(C)(C(=O)N1CCN(CN2C(=O)NC3(CCCCCC3)C2=O)CC1)c1ccccc1. The third-order valence-electron chi connectivity index (χ3n) is 7.23. The minimum atomic E-state index is -0.689. The topological polar surface area (TPSA) is 73.0 Å². The van der Waals surface area contributed by atoms with Gasteiger partial charge in [-0.3, -0.25) is 14.5 Å². The second-order valence-corrected chi connectivity index (χ2v) is 9.70. The molecule has 0 atom stereocenters. The van der Waals surface area contributed by atoms with Crippen LogP contribution in [0.4, 0.5) is 4.79 Å². The number of nitrogens with zero attached hydrogens (tertiary/aromatic N) is 3. The minimum Gasteiger partial charge on any atom is -0.339 e. The Morgan fingerprint density at radius 3 is 2.19 bits per heavy atom. The van der Waals surface area contributed by atoms with Crippen molar-refractivity contribution >= 4 is 17.8 Å². The van der Waals surface area contributed by atoms with E-state index in [1.165, 1.54) is 4.90 Å². The normalized spacial score (nSPS) is 22.5. The van der Waals surface area contributed by atoms with E-state index < -0.39 is 11.0 Å². The molecule has 168 valence electrons. The number of carbonyl (C=O) groups is 3. The zero-order valence-corrected chi connectivity index (χ0v) is 18.7. The number of benzene rings is 1. The summed E-state index contributed by atoms with van der Waals surface area (Å²) < 4.78 is 0. The van der Waals surface area contributed by atoms with E-state index in [0.717, 1.165) is 44.1 Å². The molecule has 3 aliphatic rings. The second kappa shape index (κ2) is 8.61. The standard InChI is InChI=1S/C24H34N4O3/c1-23(2,19-10-6-5-7-11-19)20(29)27-16-14-26(15-17-27)18-28-21(30)24(25-22(28)31)12-8-3-4-9-13-24/h5-7,10-11H,3-4,8-9,12-18H2,1-2H3,(H,25,31). The zero-order valence-electron chi connectivity index (χ0n) is 18.7. The Bertz CT molecular complexity index is 822. The van der Waals surface area contributed by atoms with Crippen LogP contribution < -0.4 is 5.32 Å². The van der Waals surface area contributed by atoms with Crippen molar-refractivity contribution in [2.45, 2.75) is 63.3 Å². The molecule has 4 rings (SSSR count). The highest BCUT2D eigenvalue weighted by Gasteiger charge is 2.51. The maximum absolute atomic E-state index is 13.2. The molecule has 2 heterocycles. The van der Waals surface area contributed by atoms with E-state index in [1.54, 1.807) is 0 Å². The summed E-state index contributed by atoms with van der Waals surface area (Å²) in [6.45, 7) is 6.75. The van der Waals surface area contributed by atoms with E-state index in [9.17, 15) is 14.4 Å². The fourth-order valence-corrected chi connectivity index (χ4v) is 5.14. The summed E-state index contributed by atoms with van der Waals surface area (Å²) in [5.74, 6) is 0.0499. The highest BCUT2D eigenvalue weighted by atomic mass is 16.2. The largest absolute Gasteiger partial charge is 0.339 e. The van der Waals surface area contributed by atoms with Crippen molar-refractivity contribution in [1.82, 2.24) is 20.0 Å². The van der Waals surface area contributed by atoms with Crippen LogP contribution in [0.2, 0.25) is 0 Å². The van der Waals surface area contributed by atoms with E-state index in [1.807, 2.05) is 49.1 Å². The van der Waals surface area contributed by atoms with Crippen LogP contribution in [0.5, 0.6) is 0 Å². The molecule has 0 bridgehead atoms. The van der Waals surface area contributed by atoms with Crippen LogP contribution in [-0.4, -0.2) is 70.9 Å². The smallest absolute Gasteiger partial charge is 0.326 e. The first-order valence-corrected chi connectivity index (χ1v) is 11.5. The van der Waals surface area contributed by atoms with Crippen molar-refractivity contribution < 1.29 is 14.4 Å². The fourth-order valence-electron chi connectivity index (χ4n) is 5.14. The van der Waals surface area contributed by atoms with Crippen molar-refractivity contribution in [3.8, 4) is 0 Å². The number of imide groups is 1. The Kier molecular flexibility index (Phi) is 6.06. The summed E-state index contributed by atoms with van der Waals surface area (Å²) in [5.41, 5.74) is -0.263. The molecule has 1 saturated carbocycles. The maximum Gasteiger partial charge on any atom is 0.326 e.